The molecule has 0 unspecified atom stereocenters. The highest BCUT2D eigenvalue weighted by atomic mass is 16.5. The maximum Gasteiger partial charge on any atom is 0.245 e. The Morgan fingerprint density at radius 1 is 1.43 bits per heavy atom. The maximum atomic E-state index is 5.60. The average Bonchev–Trinajstić information content (AvgIpc) is 2.56. The molecule has 0 fully saturated rings. The van der Waals surface area contributed by atoms with Crippen molar-refractivity contribution in [2.24, 2.45) is 7.05 Å². The van der Waals surface area contributed by atoms with Crippen molar-refractivity contribution in [3.63, 3.8) is 0 Å². The van der Waals surface area contributed by atoms with Gasteiger partial charge in [0.1, 0.15) is 12.0 Å². The van der Waals surface area contributed by atoms with Crippen molar-refractivity contribution >= 4 is 5.69 Å². The van der Waals surface area contributed by atoms with Crippen LogP contribution in [-0.4, -0.2) is 19.7 Å². The van der Waals surface area contributed by atoms with E-state index in [9.17, 15) is 0 Å². The molecule has 2 aromatic rings. The van der Waals surface area contributed by atoms with E-state index >= 15 is 0 Å². The van der Waals surface area contributed by atoms with E-state index in [-0.39, 0.29) is 0 Å². The number of aryl methyl sites for hydroxylation is 1. The normalized spacial score (nSPS) is 10.1. The largest absolute Gasteiger partial charge is 0.434 e. The number of aromatic nitrogens is 4. The summed E-state index contributed by atoms with van der Waals surface area (Å²) < 4.78 is 7.00. The van der Waals surface area contributed by atoms with Crippen molar-refractivity contribution in [1.29, 1.82) is 0 Å². The van der Waals surface area contributed by atoms with Crippen LogP contribution in [0.15, 0.2) is 24.9 Å². The lowest BCUT2D eigenvalue weighted by Crippen LogP contribution is -1.94. The molecule has 0 aliphatic carbocycles. The van der Waals surface area contributed by atoms with Crippen LogP contribution in [0.3, 0.4) is 0 Å². The minimum Gasteiger partial charge on any atom is -0.434 e. The first-order chi connectivity index (χ1) is 6.75. The molecular weight excluding hydrogens is 182 g/mol. The molecule has 0 bridgehead atoms. The molecule has 0 amide bonds. The topological polar surface area (TPSA) is 78.8 Å². The highest BCUT2D eigenvalue weighted by molar-refractivity contribution is 5.46. The summed E-state index contributed by atoms with van der Waals surface area (Å²) >= 11 is 0. The number of nitrogens with two attached hydrogens (primary N) is 1. The first kappa shape index (κ1) is 8.49. The van der Waals surface area contributed by atoms with Crippen LogP contribution in [0, 0.1) is 0 Å². The molecule has 0 aromatic carbocycles. The number of ether oxygens (including phenoxy) is 1. The van der Waals surface area contributed by atoms with Crippen molar-refractivity contribution in [3.8, 4) is 11.6 Å². The van der Waals surface area contributed by atoms with Crippen LogP contribution in [0.5, 0.6) is 11.6 Å². The van der Waals surface area contributed by atoms with Gasteiger partial charge in [0, 0.05) is 7.05 Å². The third-order valence-electron chi connectivity index (χ3n) is 1.60. The molecule has 2 rings (SSSR count). The summed E-state index contributed by atoms with van der Waals surface area (Å²) in [6, 6.07) is 0. The molecule has 2 aromatic heterocycles. The molecule has 0 aliphatic rings. The summed E-state index contributed by atoms with van der Waals surface area (Å²) in [4.78, 5) is 7.64. The zero-order valence-corrected chi connectivity index (χ0v) is 7.58. The Kier molecular flexibility index (Phi) is 2.02. The second-order valence-electron chi connectivity index (χ2n) is 2.74. The van der Waals surface area contributed by atoms with E-state index in [1.54, 1.807) is 24.1 Å². The molecule has 72 valence electrons. The van der Waals surface area contributed by atoms with Crippen LogP contribution >= 0.6 is 0 Å². The highest BCUT2D eigenvalue weighted by Crippen LogP contribution is 2.22. The number of nitrogen functional groups attached to an aromatic ring is 1. The summed E-state index contributed by atoms with van der Waals surface area (Å²) in [5, 5.41) is 3.95. The molecule has 2 heterocycles. The van der Waals surface area contributed by atoms with Crippen molar-refractivity contribution in [3.05, 3.63) is 24.9 Å². The summed E-state index contributed by atoms with van der Waals surface area (Å²) in [5.74, 6) is 0.936. The van der Waals surface area contributed by atoms with Crippen LogP contribution in [0.1, 0.15) is 0 Å². The standard InChI is InChI=1S/C8H9N5O/c1-13-4-6(2-12-13)14-8-7(9)3-10-5-11-8/h2-5H,9H2,1H3. The van der Waals surface area contributed by atoms with Crippen LogP contribution in [0.25, 0.3) is 0 Å². The van der Waals surface area contributed by atoms with Gasteiger partial charge >= 0.3 is 0 Å². The second-order valence-corrected chi connectivity index (χ2v) is 2.74. The number of hydrogen-bond acceptors (Lipinski definition) is 5. The molecule has 6 heteroatoms. The number of hydrogen-bond donors (Lipinski definition) is 1. The Hall–Kier alpha value is -2.11. The van der Waals surface area contributed by atoms with Gasteiger partial charge in [-0.3, -0.25) is 4.68 Å². The molecule has 14 heavy (non-hydrogen) atoms. The molecule has 0 saturated carbocycles. The highest BCUT2D eigenvalue weighted by Gasteiger charge is 2.04. The van der Waals surface area contributed by atoms with Crippen LogP contribution < -0.4 is 10.5 Å². The fourth-order valence-corrected chi connectivity index (χ4v) is 0.978. The van der Waals surface area contributed by atoms with Gasteiger partial charge in [0.25, 0.3) is 0 Å². The lowest BCUT2D eigenvalue weighted by atomic mass is 10.5. The molecule has 0 atom stereocenters. The smallest absolute Gasteiger partial charge is 0.245 e. The van der Waals surface area contributed by atoms with Gasteiger partial charge in [0.2, 0.25) is 5.88 Å². The van der Waals surface area contributed by atoms with Crippen molar-refractivity contribution in [2.45, 2.75) is 0 Å². The Labute approximate surface area is 80.4 Å². The predicted molar refractivity (Wildman–Crippen MR) is 49.7 cm³/mol. The van der Waals surface area contributed by atoms with Gasteiger partial charge in [-0.05, 0) is 0 Å². The fourth-order valence-electron chi connectivity index (χ4n) is 0.978. The van der Waals surface area contributed by atoms with Gasteiger partial charge in [0.15, 0.2) is 5.75 Å². The van der Waals surface area contributed by atoms with E-state index in [1.165, 1.54) is 12.5 Å². The van der Waals surface area contributed by atoms with Gasteiger partial charge < -0.3 is 10.5 Å². The summed E-state index contributed by atoms with van der Waals surface area (Å²) in [5.41, 5.74) is 6.00. The zero-order valence-electron chi connectivity index (χ0n) is 7.58. The monoisotopic (exact) mass is 191 g/mol. The second kappa shape index (κ2) is 3.33. The molecule has 6 nitrogen and oxygen atoms in total. The third-order valence-corrected chi connectivity index (χ3v) is 1.60. The van der Waals surface area contributed by atoms with E-state index in [4.69, 9.17) is 10.5 Å². The molecule has 0 spiro atoms. The molecule has 0 saturated heterocycles. The summed E-state index contributed by atoms with van der Waals surface area (Å²) in [6.45, 7) is 0. The number of anilines is 1. The minimum atomic E-state index is 0.341. The Morgan fingerprint density at radius 2 is 2.29 bits per heavy atom. The van der Waals surface area contributed by atoms with E-state index in [2.05, 4.69) is 15.1 Å². The van der Waals surface area contributed by atoms with E-state index in [1.807, 2.05) is 0 Å². The summed E-state index contributed by atoms with van der Waals surface area (Å²) in [6.07, 6.45) is 6.17. The zero-order chi connectivity index (χ0) is 9.97. The molecular formula is C8H9N5O. The number of nitrogens with zero attached hydrogens (tertiary/aromatic N) is 4. The van der Waals surface area contributed by atoms with E-state index < -0.39 is 0 Å². The Morgan fingerprint density at radius 3 is 2.93 bits per heavy atom. The van der Waals surface area contributed by atoms with E-state index in [0.717, 1.165) is 0 Å². The number of rotatable bonds is 2. The van der Waals surface area contributed by atoms with Gasteiger partial charge in [-0.15, -0.1) is 0 Å². The minimum absolute atomic E-state index is 0.341. The quantitative estimate of drug-likeness (QED) is 0.751. The van der Waals surface area contributed by atoms with Crippen molar-refractivity contribution < 1.29 is 4.74 Å². The third kappa shape index (κ3) is 1.63. The van der Waals surface area contributed by atoms with Crippen molar-refractivity contribution in [2.75, 3.05) is 5.73 Å². The van der Waals surface area contributed by atoms with Crippen LogP contribution in [0.2, 0.25) is 0 Å². The van der Waals surface area contributed by atoms with Gasteiger partial charge in [-0.2, -0.15) is 10.1 Å². The fraction of sp³-hybridized carbons (Fsp3) is 0.125. The lowest BCUT2D eigenvalue weighted by molar-refractivity contribution is 0.463. The Balaban J connectivity index is 2.23. The molecule has 0 radical (unpaired) electrons. The first-order valence-corrected chi connectivity index (χ1v) is 3.97. The predicted octanol–water partition coefficient (Wildman–Crippen LogP) is 0.585. The first-order valence-electron chi connectivity index (χ1n) is 3.97. The van der Waals surface area contributed by atoms with Gasteiger partial charge in [0.05, 0.1) is 18.6 Å². The summed E-state index contributed by atoms with van der Waals surface area (Å²) in [7, 11) is 1.80. The lowest BCUT2D eigenvalue weighted by Gasteiger charge is -2.02. The van der Waals surface area contributed by atoms with Crippen molar-refractivity contribution in [1.82, 2.24) is 19.7 Å². The van der Waals surface area contributed by atoms with Crippen LogP contribution in [-0.2, 0) is 7.05 Å². The molecule has 2 N–H and O–H groups in total. The SMILES string of the molecule is Cn1cc(Oc2ncncc2N)cn1. The van der Waals surface area contributed by atoms with Gasteiger partial charge in [-0.1, -0.05) is 0 Å². The molecule has 0 aliphatic heterocycles. The maximum absolute atomic E-state index is 5.60. The van der Waals surface area contributed by atoms with Crippen LogP contribution in [0.4, 0.5) is 5.69 Å². The average molecular weight is 191 g/mol. The van der Waals surface area contributed by atoms with E-state index in [0.29, 0.717) is 17.3 Å². The Bertz CT molecular complexity index is 439. The van der Waals surface area contributed by atoms with Gasteiger partial charge in [-0.25, -0.2) is 4.98 Å².